The first-order valence-electron chi connectivity index (χ1n) is 7.26. The maximum Gasteiger partial charge on any atom is 0.183 e. The number of nitrogens with zero attached hydrogens (tertiary/aromatic N) is 2. The third-order valence-electron chi connectivity index (χ3n) is 3.91. The molecule has 3 nitrogen and oxygen atoms in total. The highest BCUT2D eigenvalue weighted by atomic mass is 79.9. The van der Waals surface area contributed by atoms with Crippen LogP contribution in [0.3, 0.4) is 0 Å². The minimum Gasteiger partial charge on any atom is -0.360 e. The van der Waals surface area contributed by atoms with E-state index in [1.165, 1.54) is 37.1 Å². The minimum absolute atomic E-state index is 0.578. The summed E-state index contributed by atoms with van der Waals surface area (Å²) in [5, 5.41) is 4.53. The average Bonchev–Trinajstić information content (AvgIpc) is 2.87. The first kappa shape index (κ1) is 14.3. The molecule has 1 aromatic heterocycles. The predicted octanol–water partition coefficient (Wildman–Crippen LogP) is 4.35. The van der Waals surface area contributed by atoms with E-state index in [0.29, 0.717) is 6.04 Å². The van der Waals surface area contributed by atoms with Gasteiger partial charge in [0.05, 0.1) is 10.2 Å². The normalized spacial score (nSPS) is 18.3. The Morgan fingerprint density at radius 2 is 2.15 bits per heavy atom. The Morgan fingerprint density at radius 1 is 1.35 bits per heavy atom. The molecule has 2 aromatic rings. The highest BCUT2D eigenvalue weighted by molar-refractivity contribution is 9.10. The molecule has 1 fully saturated rings. The van der Waals surface area contributed by atoms with E-state index in [0.717, 1.165) is 21.7 Å². The lowest BCUT2D eigenvalue weighted by atomic mass is 10.1. The molecule has 0 spiro atoms. The van der Waals surface area contributed by atoms with Crippen LogP contribution in [-0.4, -0.2) is 35.6 Å². The third-order valence-corrected chi connectivity index (χ3v) is 5.38. The topological polar surface area (TPSA) is 28.2 Å². The van der Waals surface area contributed by atoms with Crippen molar-refractivity contribution in [2.75, 3.05) is 25.0 Å². The van der Waals surface area contributed by atoms with Gasteiger partial charge in [-0.2, -0.15) is 0 Å². The van der Waals surface area contributed by atoms with Gasteiger partial charge in [-0.05, 0) is 51.1 Å². The van der Waals surface area contributed by atoms with Gasteiger partial charge in [-0.25, -0.2) is 4.98 Å². The van der Waals surface area contributed by atoms with Gasteiger partial charge in [-0.1, -0.05) is 33.7 Å². The van der Waals surface area contributed by atoms with Crippen molar-refractivity contribution in [3.63, 3.8) is 0 Å². The molecule has 0 amide bonds. The summed E-state index contributed by atoms with van der Waals surface area (Å²) < 4.78 is 2.34. The van der Waals surface area contributed by atoms with Crippen LogP contribution in [0.4, 0.5) is 5.13 Å². The van der Waals surface area contributed by atoms with Crippen molar-refractivity contribution in [2.24, 2.45) is 0 Å². The van der Waals surface area contributed by atoms with E-state index >= 15 is 0 Å². The lowest BCUT2D eigenvalue weighted by Crippen LogP contribution is -2.41. The van der Waals surface area contributed by atoms with Gasteiger partial charge in [0, 0.05) is 17.1 Å². The molecule has 1 aliphatic rings. The van der Waals surface area contributed by atoms with Crippen LogP contribution in [0.5, 0.6) is 0 Å². The second kappa shape index (κ2) is 6.41. The number of fused-ring (bicyclic) bond motifs is 1. The predicted molar refractivity (Wildman–Crippen MR) is 90.7 cm³/mol. The van der Waals surface area contributed by atoms with Gasteiger partial charge in [-0.3, -0.25) is 4.90 Å². The minimum atomic E-state index is 0.578. The molecule has 1 atom stereocenters. The molecule has 20 heavy (non-hydrogen) atoms. The molecule has 1 aliphatic heterocycles. The number of thiazole rings is 1. The summed E-state index contributed by atoms with van der Waals surface area (Å²) in [6.07, 6.45) is 4.09. The highest BCUT2D eigenvalue weighted by Gasteiger charge is 2.16. The molecule has 1 N–H and O–H groups in total. The standard InChI is InChI=1S/C15H20BrN3S/c1-11(19-7-3-2-4-8-19)10-17-15-18-13-6-5-12(16)9-14(13)20-15/h5-6,9,11H,2-4,7-8,10H2,1H3,(H,17,18). The van der Waals surface area contributed by atoms with Crippen molar-refractivity contribution in [1.29, 1.82) is 0 Å². The van der Waals surface area contributed by atoms with Crippen molar-refractivity contribution >= 4 is 42.6 Å². The van der Waals surface area contributed by atoms with Crippen LogP contribution >= 0.6 is 27.3 Å². The number of hydrogen-bond acceptors (Lipinski definition) is 4. The number of rotatable bonds is 4. The molecular formula is C15H20BrN3S. The zero-order valence-corrected chi connectivity index (χ0v) is 14.1. The van der Waals surface area contributed by atoms with Gasteiger partial charge >= 0.3 is 0 Å². The van der Waals surface area contributed by atoms with Crippen LogP contribution in [0.25, 0.3) is 10.2 Å². The van der Waals surface area contributed by atoms with Crippen molar-refractivity contribution in [3.8, 4) is 0 Å². The van der Waals surface area contributed by atoms with Crippen LogP contribution in [-0.2, 0) is 0 Å². The molecule has 0 radical (unpaired) electrons. The Labute approximate surface area is 132 Å². The van der Waals surface area contributed by atoms with Gasteiger partial charge in [-0.15, -0.1) is 0 Å². The fourth-order valence-electron chi connectivity index (χ4n) is 2.70. The Bertz CT molecular complexity index is 578. The van der Waals surface area contributed by atoms with Gasteiger partial charge < -0.3 is 5.32 Å². The molecule has 1 unspecified atom stereocenters. The Hall–Kier alpha value is -0.650. The lowest BCUT2D eigenvalue weighted by Gasteiger charge is -2.32. The number of piperidine rings is 1. The molecule has 5 heteroatoms. The molecule has 0 bridgehead atoms. The van der Waals surface area contributed by atoms with Crippen molar-refractivity contribution in [2.45, 2.75) is 32.2 Å². The summed E-state index contributed by atoms with van der Waals surface area (Å²) in [4.78, 5) is 7.22. The third kappa shape index (κ3) is 3.32. The zero-order chi connectivity index (χ0) is 13.9. The smallest absolute Gasteiger partial charge is 0.183 e. The Balaban J connectivity index is 1.61. The summed E-state index contributed by atoms with van der Waals surface area (Å²) in [6.45, 7) is 5.77. The fraction of sp³-hybridized carbons (Fsp3) is 0.533. The van der Waals surface area contributed by atoms with Crippen LogP contribution in [0, 0.1) is 0 Å². The molecular weight excluding hydrogens is 334 g/mol. The lowest BCUT2D eigenvalue weighted by molar-refractivity contribution is 0.180. The number of likely N-dealkylation sites (tertiary alicyclic amines) is 1. The number of halogens is 1. The van der Waals surface area contributed by atoms with E-state index < -0.39 is 0 Å². The number of benzene rings is 1. The van der Waals surface area contributed by atoms with E-state index in [-0.39, 0.29) is 0 Å². The second-order valence-corrected chi connectivity index (χ2v) is 7.40. The van der Waals surface area contributed by atoms with Gasteiger partial charge in [0.25, 0.3) is 0 Å². The Kier molecular flexibility index (Phi) is 4.58. The fourth-order valence-corrected chi connectivity index (χ4v) is 4.12. The summed E-state index contributed by atoms with van der Waals surface area (Å²) in [5.74, 6) is 0. The van der Waals surface area contributed by atoms with Gasteiger partial charge in [0.15, 0.2) is 5.13 Å². The van der Waals surface area contributed by atoms with E-state index in [1.54, 1.807) is 11.3 Å². The van der Waals surface area contributed by atoms with Crippen molar-refractivity contribution < 1.29 is 0 Å². The van der Waals surface area contributed by atoms with Gasteiger partial charge in [0.2, 0.25) is 0 Å². The largest absolute Gasteiger partial charge is 0.360 e. The number of aromatic nitrogens is 1. The van der Waals surface area contributed by atoms with Crippen LogP contribution < -0.4 is 5.32 Å². The zero-order valence-electron chi connectivity index (χ0n) is 11.7. The molecule has 0 aliphatic carbocycles. The van der Waals surface area contributed by atoms with Crippen LogP contribution in [0.2, 0.25) is 0 Å². The molecule has 1 aromatic carbocycles. The van der Waals surface area contributed by atoms with Crippen LogP contribution in [0.15, 0.2) is 22.7 Å². The summed E-state index contributed by atoms with van der Waals surface area (Å²) in [7, 11) is 0. The average molecular weight is 354 g/mol. The van der Waals surface area contributed by atoms with Gasteiger partial charge in [0.1, 0.15) is 0 Å². The first-order valence-corrected chi connectivity index (χ1v) is 8.87. The summed E-state index contributed by atoms with van der Waals surface area (Å²) in [5.41, 5.74) is 1.08. The van der Waals surface area contributed by atoms with E-state index in [4.69, 9.17) is 0 Å². The maximum absolute atomic E-state index is 4.64. The molecule has 3 rings (SSSR count). The molecule has 108 valence electrons. The number of hydrogen-bond donors (Lipinski definition) is 1. The quantitative estimate of drug-likeness (QED) is 0.885. The van der Waals surface area contributed by atoms with Crippen molar-refractivity contribution in [1.82, 2.24) is 9.88 Å². The van der Waals surface area contributed by atoms with E-state index in [2.05, 4.69) is 50.2 Å². The summed E-state index contributed by atoms with van der Waals surface area (Å²) >= 11 is 5.24. The van der Waals surface area contributed by atoms with E-state index in [9.17, 15) is 0 Å². The monoisotopic (exact) mass is 353 g/mol. The van der Waals surface area contributed by atoms with Crippen LogP contribution in [0.1, 0.15) is 26.2 Å². The maximum atomic E-state index is 4.64. The first-order chi connectivity index (χ1) is 9.72. The molecule has 1 saturated heterocycles. The Morgan fingerprint density at radius 3 is 2.95 bits per heavy atom. The molecule has 0 saturated carbocycles. The van der Waals surface area contributed by atoms with E-state index in [1.807, 2.05) is 6.07 Å². The second-order valence-electron chi connectivity index (χ2n) is 5.46. The SMILES string of the molecule is CC(CNc1nc2ccc(Br)cc2s1)N1CCCCC1. The van der Waals surface area contributed by atoms with Crippen molar-refractivity contribution in [3.05, 3.63) is 22.7 Å². The number of nitrogens with one attached hydrogen (secondary N) is 1. The summed E-state index contributed by atoms with van der Waals surface area (Å²) in [6, 6.07) is 6.82. The molecule has 2 heterocycles. The highest BCUT2D eigenvalue weighted by Crippen LogP contribution is 2.28. The number of anilines is 1.